The Hall–Kier alpha value is -5.06. The van der Waals surface area contributed by atoms with Crippen LogP contribution in [0.4, 0.5) is 20.1 Å². The maximum atomic E-state index is 11.8. The first-order valence-electron chi connectivity index (χ1n) is 24.1. The topological polar surface area (TPSA) is 252 Å². The predicted molar refractivity (Wildman–Crippen MR) is 364 cm³/mol. The molecule has 85 heavy (non-hydrogen) atoms. The zero-order chi connectivity index (χ0) is 63.6. The molecule has 18 radical (unpaired) electrons. The fourth-order valence-electron chi connectivity index (χ4n) is 6.11. The molecule has 4 unspecified atom stereocenters. The number of nitrogens with zero attached hydrogens (tertiary/aromatic N) is 7. The van der Waals surface area contributed by atoms with E-state index in [1.54, 1.807) is 70.5 Å². The van der Waals surface area contributed by atoms with Crippen molar-refractivity contribution in [3.8, 4) is 23.1 Å². The number of halogens is 3. The third kappa shape index (κ3) is 25.7. The second-order valence-electron chi connectivity index (χ2n) is 18.2. The van der Waals surface area contributed by atoms with Gasteiger partial charge in [-0.1, -0.05) is 36.4 Å². The number of thiophene rings is 4. The van der Waals surface area contributed by atoms with Gasteiger partial charge in [-0.15, -0.1) is 45.3 Å². The lowest BCUT2D eigenvalue weighted by atomic mass is 9.08. The average Bonchev–Trinajstić information content (AvgIpc) is 2.94. The van der Waals surface area contributed by atoms with E-state index in [4.69, 9.17) is 53.1 Å². The van der Waals surface area contributed by atoms with Crippen molar-refractivity contribution in [2.24, 2.45) is 27.2 Å². The highest BCUT2D eigenvalue weighted by molar-refractivity contribution is 9.11. The summed E-state index contributed by atoms with van der Waals surface area (Å²) in [6.45, 7) is 16.0. The molecule has 3 amide bonds. The zero-order valence-corrected chi connectivity index (χ0v) is 55.4. The minimum Gasteiger partial charge on any atom is -0.446 e. The van der Waals surface area contributed by atoms with Crippen LogP contribution in [0, 0.1) is 18.0 Å². The van der Waals surface area contributed by atoms with Crippen LogP contribution >= 0.6 is 93.1 Å². The Kier molecular flexibility index (Phi) is 34.5. The molecule has 0 spiro atoms. The van der Waals surface area contributed by atoms with Crippen LogP contribution in [-0.2, 0) is 36.4 Å². The number of hydrogen-bond donors (Lipinski definition) is 4. The zero-order valence-electron chi connectivity index (χ0n) is 47.4. The number of aliphatic hydroxyl groups excluding tert-OH is 1. The Bertz CT molecular complexity index is 3200. The lowest BCUT2D eigenvalue weighted by Gasteiger charge is -2.21. The van der Waals surface area contributed by atoms with Crippen molar-refractivity contribution < 1.29 is 38.4 Å². The van der Waals surface area contributed by atoms with Crippen LogP contribution in [0.2, 0.25) is 0 Å². The van der Waals surface area contributed by atoms with Crippen molar-refractivity contribution in [3.05, 3.63) is 145 Å². The predicted octanol–water partition coefficient (Wildman–Crippen LogP) is 7.92. The first-order valence-corrected chi connectivity index (χ1v) is 30.0. The number of rotatable bonds is 7. The van der Waals surface area contributed by atoms with Crippen molar-refractivity contribution in [1.82, 2.24) is 14.7 Å². The molecule has 0 aliphatic carbocycles. The summed E-state index contributed by atoms with van der Waals surface area (Å²) < 4.78 is 23.7. The van der Waals surface area contributed by atoms with Gasteiger partial charge in [-0.25, -0.2) is 34.1 Å². The van der Waals surface area contributed by atoms with E-state index in [1.807, 2.05) is 79.4 Å². The molecule has 3 aliphatic heterocycles. The van der Waals surface area contributed by atoms with Gasteiger partial charge in [0.05, 0.1) is 25.3 Å². The summed E-state index contributed by atoms with van der Waals surface area (Å²) in [5, 5.41) is 25.3. The SMILES string of the molecule is CC(N)(CO)c1cc(Br)cs1.CC1(c2cc(Br)cs2)CO1.CN(C#N)C(=O)Oc1ccccc1.CN1C(=O)OCC(C)(c2cc(Br)cs2)N=C1N.[B].[B]B([B])[B].[B][B].[B][B][B].[C-]#[N+]c1cccc(-c2csc(C3(C)COC(=O)N(C)C(N)=N3)c2)c1. The van der Waals surface area contributed by atoms with Crippen LogP contribution in [0.1, 0.15) is 47.2 Å². The second-order valence-corrected chi connectivity index (χ2v) is 24.6. The van der Waals surface area contributed by atoms with Gasteiger partial charge in [-0.05, 0) is 134 Å². The summed E-state index contributed by atoms with van der Waals surface area (Å²) in [5.41, 5.74) is 18.1. The second kappa shape index (κ2) is 37.6. The highest BCUT2D eigenvalue weighted by Gasteiger charge is 2.42. The number of benzene rings is 2. The first kappa shape index (κ1) is 78.0. The number of hydrogen-bond acceptors (Lipinski definition) is 18. The fraction of sp³-hybridized carbons (Fsp3) is 0.300. The summed E-state index contributed by atoms with van der Waals surface area (Å²) in [6.07, 6.45) is -0.703. The molecule has 1 fully saturated rings. The van der Waals surface area contributed by atoms with Gasteiger partial charge in [0.15, 0.2) is 11.9 Å². The Morgan fingerprint density at radius 2 is 1.27 bits per heavy atom. The van der Waals surface area contributed by atoms with Gasteiger partial charge in [0.2, 0.25) is 11.9 Å². The Labute approximate surface area is 551 Å². The number of epoxide rings is 1. The highest BCUT2D eigenvalue weighted by atomic mass is 79.9. The van der Waals surface area contributed by atoms with Crippen LogP contribution in [0.3, 0.4) is 0 Å². The minimum absolute atomic E-state index is 0. The van der Waals surface area contributed by atoms with Crippen molar-refractivity contribution in [2.45, 2.75) is 49.9 Å². The molecular weight excluding hydrogens is 1340 g/mol. The number of carbonyl (C=O) groups excluding carboxylic acids is 3. The first-order chi connectivity index (χ1) is 39.5. The molecule has 4 aromatic heterocycles. The summed E-state index contributed by atoms with van der Waals surface area (Å²) in [7, 11) is 36.4. The summed E-state index contributed by atoms with van der Waals surface area (Å²) in [6, 6.07) is 24.0. The lowest BCUT2D eigenvalue weighted by Crippen LogP contribution is -2.37. The summed E-state index contributed by atoms with van der Waals surface area (Å²) in [5.74, 6) is 0.721. The van der Waals surface area contributed by atoms with Gasteiger partial charge >= 0.3 is 18.3 Å². The van der Waals surface area contributed by atoms with Crippen LogP contribution in [0.5, 0.6) is 5.75 Å². The number of amides is 3. The monoisotopic (exact) mass is 1400 g/mol. The Balaban J connectivity index is 0.000000527. The molecule has 18 nitrogen and oxygen atoms in total. The fourth-order valence-corrected chi connectivity index (χ4v) is 11.7. The number of aliphatic imine (C=N–C) groups is 2. The van der Waals surface area contributed by atoms with Gasteiger partial charge in [0.25, 0.3) is 0 Å². The van der Waals surface area contributed by atoms with E-state index in [9.17, 15) is 14.4 Å². The van der Waals surface area contributed by atoms with Crippen LogP contribution in [0.15, 0.2) is 124 Å². The van der Waals surface area contributed by atoms with Gasteiger partial charge in [0, 0.05) is 146 Å². The highest BCUT2D eigenvalue weighted by Crippen LogP contribution is 2.42. The van der Waals surface area contributed by atoms with Gasteiger partial charge < -0.3 is 41.3 Å². The maximum absolute atomic E-state index is 11.8. The van der Waals surface area contributed by atoms with Gasteiger partial charge in [0.1, 0.15) is 35.6 Å². The molecule has 7 heterocycles. The van der Waals surface area contributed by atoms with E-state index in [2.05, 4.69) is 135 Å². The molecule has 4 atom stereocenters. The minimum atomic E-state index is -0.731. The quantitative estimate of drug-likeness (QED) is 0.0391. The van der Waals surface area contributed by atoms with E-state index in [0.717, 1.165) is 57.7 Å². The molecule has 3 aliphatic rings. The smallest absolute Gasteiger partial charge is 0.428 e. The van der Waals surface area contributed by atoms with Crippen molar-refractivity contribution >= 4 is 205 Å². The number of ether oxygens (including phenoxy) is 4. The largest absolute Gasteiger partial charge is 0.446 e. The Morgan fingerprint density at radius 1 is 0.824 bits per heavy atom. The van der Waals surface area contributed by atoms with Crippen molar-refractivity contribution in [2.75, 3.05) is 47.6 Å². The van der Waals surface area contributed by atoms with E-state index in [0.29, 0.717) is 11.4 Å². The van der Waals surface area contributed by atoms with Crippen molar-refractivity contribution in [3.63, 3.8) is 0 Å². The molecule has 1 saturated heterocycles. The van der Waals surface area contributed by atoms with Crippen molar-refractivity contribution in [1.29, 1.82) is 5.26 Å². The number of aliphatic hydroxyl groups is 1. The molecular formula is C50H53B10Br3N10O8S4. The number of carbonyl (C=O) groups is 3. The summed E-state index contributed by atoms with van der Waals surface area (Å²) >= 11 is 16.5. The normalized spacial score (nSPS) is 18.4. The molecule has 7 N–H and O–H groups in total. The molecule has 2 aromatic carbocycles. The van der Waals surface area contributed by atoms with Crippen LogP contribution in [-0.4, -0.2) is 174 Å². The van der Waals surface area contributed by atoms with E-state index < -0.39 is 41.3 Å². The van der Waals surface area contributed by atoms with Gasteiger partial charge in [-0.3, -0.25) is 9.80 Å². The van der Waals surface area contributed by atoms with Crippen LogP contribution < -0.4 is 21.9 Å². The average molecular weight is 1400 g/mol. The lowest BCUT2D eigenvalue weighted by molar-refractivity contribution is 0.112. The number of cyclic esters (lactones) is 2. The number of nitriles is 1. The molecule has 35 heteroatoms. The molecule has 9 rings (SSSR count). The Morgan fingerprint density at radius 3 is 1.68 bits per heavy atom. The van der Waals surface area contributed by atoms with Crippen LogP contribution in [0.25, 0.3) is 16.0 Å². The molecule has 0 bridgehead atoms. The molecule has 6 aromatic rings. The molecule has 426 valence electrons. The number of nitrogens with two attached hydrogens (primary N) is 3. The summed E-state index contributed by atoms with van der Waals surface area (Å²) in [4.78, 5) is 54.1. The third-order valence-corrected chi connectivity index (χ3v) is 18.0. The number of para-hydroxylation sites is 1. The maximum Gasteiger partial charge on any atom is 0.428 e. The third-order valence-electron chi connectivity index (χ3n) is 10.9. The van der Waals surface area contributed by atoms with E-state index in [-0.39, 0.29) is 45.8 Å². The molecule has 0 saturated carbocycles. The van der Waals surface area contributed by atoms with E-state index in [1.165, 1.54) is 47.2 Å². The standard InChI is InChI=1S/C17H16N4O2S.C10H12BrN3O2S.C9H8N2O2.C7H10BrNOS.C7H7BrOS.B4.B3.B2.B/c1-17(10-23-16(22)21(3)15(18)20-17)14-8-12(9-24-14)11-5-4-6-13(7-11)19-2;1-10(7-3-6(11)4-17-7)5-16-9(15)14(2)8(12)13-10;1-11(7-10)9(12)13-8-5-3-2-4-6-8;1-7(9,4-10)6-2-5(8)3-11-6;1-7(4-9-7)6-2-5(8)3-10-6;1-4(2)3;1-3-2;1-2;/h4-9H,10H2,1,3H3,(H2,18,20);3-4H,5H2,1-2H3,(H2,12,13);2-6H,1H3;2-3,10H,4,9H2,1H3;2-3H,4H2,1H3;;;;. The van der Waals surface area contributed by atoms with Gasteiger partial charge in [-0.2, -0.15) is 5.26 Å². The number of guanidine groups is 2. The van der Waals surface area contributed by atoms with E-state index >= 15 is 0 Å².